The van der Waals surface area contributed by atoms with Gasteiger partial charge in [0.15, 0.2) is 0 Å². The fourth-order valence-electron chi connectivity index (χ4n) is 0.920. The molecule has 1 nitrogen and oxygen atoms in total. The Balaban J connectivity index is 1.95. The second kappa shape index (κ2) is 3.21. The molecule has 0 heterocycles. The molecule has 0 aliphatic heterocycles. The van der Waals surface area contributed by atoms with E-state index < -0.39 is 0 Å². The maximum atomic E-state index is 5.57. The van der Waals surface area contributed by atoms with Gasteiger partial charge in [0.05, 0.1) is 12.2 Å². The molecule has 1 radical (unpaired) electrons. The van der Waals surface area contributed by atoms with Crippen molar-refractivity contribution in [1.82, 2.24) is 0 Å². The molecule has 1 aliphatic carbocycles. The molecule has 1 heteroatoms. The lowest BCUT2D eigenvalue weighted by molar-refractivity contribution is 0.0523. The standard InChI is InChI=1S/C8H15O/c1-3-4-7(2)9-8-5-6-8/h3,7-8H,4-6H2,1-2H3. The zero-order valence-corrected chi connectivity index (χ0v) is 6.26. The summed E-state index contributed by atoms with van der Waals surface area (Å²) < 4.78 is 5.57. The van der Waals surface area contributed by atoms with Gasteiger partial charge in [0, 0.05) is 0 Å². The monoisotopic (exact) mass is 127 g/mol. The summed E-state index contributed by atoms with van der Waals surface area (Å²) in [6.45, 7) is 4.21. The van der Waals surface area contributed by atoms with E-state index in [-0.39, 0.29) is 0 Å². The highest BCUT2D eigenvalue weighted by atomic mass is 16.5. The topological polar surface area (TPSA) is 9.23 Å². The van der Waals surface area contributed by atoms with Crippen molar-refractivity contribution >= 4 is 0 Å². The molecule has 0 aromatic heterocycles. The van der Waals surface area contributed by atoms with Crippen molar-refractivity contribution < 1.29 is 4.74 Å². The molecule has 0 aromatic carbocycles. The van der Waals surface area contributed by atoms with E-state index in [9.17, 15) is 0 Å². The van der Waals surface area contributed by atoms with Crippen molar-refractivity contribution in [2.75, 3.05) is 0 Å². The van der Waals surface area contributed by atoms with E-state index in [0.717, 1.165) is 6.42 Å². The maximum Gasteiger partial charge on any atom is 0.0580 e. The molecular formula is C8H15O. The Morgan fingerprint density at radius 1 is 1.67 bits per heavy atom. The van der Waals surface area contributed by atoms with Gasteiger partial charge in [-0.15, -0.1) is 0 Å². The largest absolute Gasteiger partial charge is 0.375 e. The molecule has 0 amide bonds. The van der Waals surface area contributed by atoms with Gasteiger partial charge in [-0.25, -0.2) is 0 Å². The third-order valence-electron chi connectivity index (χ3n) is 1.52. The first-order valence-electron chi connectivity index (χ1n) is 3.76. The van der Waals surface area contributed by atoms with Crippen LogP contribution < -0.4 is 0 Å². The number of ether oxygens (including phenoxy) is 1. The van der Waals surface area contributed by atoms with E-state index in [1.807, 2.05) is 0 Å². The molecule has 1 aliphatic rings. The first-order valence-corrected chi connectivity index (χ1v) is 3.76. The zero-order valence-electron chi connectivity index (χ0n) is 6.26. The highest BCUT2D eigenvalue weighted by molar-refractivity contribution is 4.75. The predicted molar refractivity (Wildman–Crippen MR) is 38.2 cm³/mol. The lowest BCUT2D eigenvalue weighted by atomic mass is 10.2. The minimum Gasteiger partial charge on any atom is -0.375 e. The van der Waals surface area contributed by atoms with Crippen molar-refractivity contribution in [3.8, 4) is 0 Å². The van der Waals surface area contributed by atoms with Crippen molar-refractivity contribution in [2.45, 2.75) is 45.3 Å². The van der Waals surface area contributed by atoms with Crippen LogP contribution in [0.3, 0.4) is 0 Å². The van der Waals surface area contributed by atoms with Crippen molar-refractivity contribution in [3.05, 3.63) is 6.42 Å². The summed E-state index contributed by atoms with van der Waals surface area (Å²) in [6, 6.07) is 0. The lowest BCUT2D eigenvalue weighted by Gasteiger charge is -2.09. The molecule has 0 spiro atoms. The quantitative estimate of drug-likeness (QED) is 0.562. The van der Waals surface area contributed by atoms with E-state index >= 15 is 0 Å². The first-order chi connectivity index (χ1) is 4.33. The normalized spacial score (nSPS) is 22.0. The van der Waals surface area contributed by atoms with Gasteiger partial charge in [-0.05, 0) is 32.6 Å². The Hall–Kier alpha value is -0.0400. The van der Waals surface area contributed by atoms with E-state index in [1.165, 1.54) is 12.8 Å². The lowest BCUT2D eigenvalue weighted by Crippen LogP contribution is -2.08. The maximum absolute atomic E-state index is 5.57. The fourth-order valence-corrected chi connectivity index (χ4v) is 0.920. The first kappa shape index (κ1) is 7.07. The summed E-state index contributed by atoms with van der Waals surface area (Å²) in [5.41, 5.74) is 0. The molecule has 0 bridgehead atoms. The van der Waals surface area contributed by atoms with Crippen LogP contribution in [0, 0.1) is 6.42 Å². The summed E-state index contributed by atoms with van der Waals surface area (Å²) in [5, 5.41) is 0. The Kier molecular flexibility index (Phi) is 2.52. The van der Waals surface area contributed by atoms with Crippen LogP contribution in [-0.2, 0) is 4.74 Å². The molecule has 1 atom stereocenters. The molecule has 0 N–H and O–H groups in total. The second-order valence-electron chi connectivity index (χ2n) is 2.79. The van der Waals surface area contributed by atoms with Crippen LogP contribution in [0.4, 0.5) is 0 Å². The van der Waals surface area contributed by atoms with Crippen LogP contribution in [0.15, 0.2) is 0 Å². The Morgan fingerprint density at radius 3 is 2.78 bits per heavy atom. The highest BCUT2D eigenvalue weighted by Crippen LogP contribution is 2.25. The average Bonchev–Trinajstić information content (AvgIpc) is 2.50. The smallest absolute Gasteiger partial charge is 0.0580 e. The summed E-state index contributed by atoms with van der Waals surface area (Å²) in [5.74, 6) is 0. The third-order valence-corrected chi connectivity index (χ3v) is 1.52. The molecule has 1 rings (SSSR count). The molecular weight excluding hydrogens is 112 g/mol. The molecule has 1 fully saturated rings. The van der Waals surface area contributed by atoms with Gasteiger partial charge < -0.3 is 4.74 Å². The summed E-state index contributed by atoms with van der Waals surface area (Å²) in [4.78, 5) is 0. The molecule has 0 saturated heterocycles. The number of rotatable bonds is 4. The van der Waals surface area contributed by atoms with Gasteiger partial charge in [0.1, 0.15) is 0 Å². The van der Waals surface area contributed by atoms with Crippen LogP contribution in [-0.4, -0.2) is 12.2 Å². The summed E-state index contributed by atoms with van der Waals surface area (Å²) in [7, 11) is 0. The molecule has 0 aromatic rings. The zero-order chi connectivity index (χ0) is 6.69. The van der Waals surface area contributed by atoms with Crippen LogP contribution in [0.25, 0.3) is 0 Å². The molecule has 9 heavy (non-hydrogen) atoms. The number of hydrogen-bond donors (Lipinski definition) is 0. The van der Waals surface area contributed by atoms with Crippen molar-refractivity contribution in [3.63, 3.8) is 0 Å². The van der Waals surface area contributed by atoms with Gasteiger partial charge >= 0.3 is 0 Å². The van der Waals surface area contributed by atoms with E-state index in [2.05, 4.69) is 20.3 Å². The molecule has 53 valence electrons. The highest BCUT2D eigenvalue weighted by Gasteiger charge is 2.23. The van der Waals surface area contributed by atoms with E-state index in [4.69, 9.17) is 4.74 Å². The van der Waals surface area contributed by atoms with Gasteiger partial charge in [0.2, 0.25) is 0 Å². The van der Waals surface area contributed by atoms with Crippen molar-refractivity contribution in [1.29, 1.82) is 0 Å². The van der Waals surface area contributed by atoms with Crippen LogP contribution in [0.1, 0.15) is 33.1 Å². The summed E-state index contributed by atoms with van der Waals surface area (Å²) >= 11 is 0. The fraction of sp³-hybridized carbons (Fsp3) is 0.875. The van der Waals surface area contributed by atoms with E-state index in [1.54, 1.807) is 0 Å². The van der Waals surface area contributed by atoms with Crippen LogP contribution in [0.5, 0.6) is 0 Å². The Morgan fingerprint density at radius 2 is 2.33 bits per heavy atom. The third kappa shape index (κ3) is 2.85. The van der Waals surface area contributed by atoms with Gasteiger partial charge in [-0.2, -0.15) is 0 Å². The van der Waals surface area contributed by atoms with Crippen LogP contribution in [0.2, 0.25) is 0 Å². The minimum absolute atomic E-state index is 0.447. The van der Waals surface area contributed by atoms with Crippen molar-refractivity contribution in [2.24, 2.45) is 0 Å². The molecule has 1 unspecified atom stereocenters. The van der Waals surface area contributed by atoms with E-state index in [0.29, 0.717) is 12.2 Å². The van der Waals surface area contributed by atoms with Gasteiger partial charge in [-0.3, -0.25) is 0 Å². The predicted octanol–water partition coefficient (Wildman–Crippen LogP) is 2.17. The SMILES string of the molecule is C[CH]CC(C)OC1CC1. The minimum atomic E-state index is 0.447. The second-order valence-corrected chi connectivity index (χ2v) is 2.79. The Labute approximate surface area is 57.4 Å². The average molecular weight is 127 g/mol. The number of hydrogen-bond acceptors (Lipinski definition) is 1. The van der Waals surface area contributed by atoms with Gasteiger partial charge in [0.25, 0.3) is 0 Å². The summed E-state index contributed by atoms with van der Waals surface area (Å²) in [6.07, 6.45) is 6.88. The van der Waals surface area contributed by atoms with Crippen LogP contribution >= 0.6 is 0 Å². The van der Waals surface area contributed by atoms with Gasteiger partial charge in [-0.1, -0.05) is 6.92 Å². The molecule has 1 saturated carbocycles. The Bertz CT molecular complexity index is 76.6.